The molecule has 0 saturated heterocycles. The van der Waals surface area contributed by atoms with E-state index < -0.39 is 42.9 Å². The predicted molar refractivity (Wildman–Crippen MR) is 169 cm³/mol. The van der Waals surface area contributed by atoms with Crippen molar-refractivity contribution in [1.29, 1.82) is 0 Å². The number of methoxy groups -OCH3 is 1. The maximum Gasteiger partial charge on any atom is 0.328 e. The van der Waals surface area contributed by atoms with Crippen molar-refractivity contribution in [3.05, 3.63) is 77.9 Å². The van der Waals surface area contributed by atoms with Gasteiger partial charge >= 0.3 is 11.9 Å². The molecule has 0 saturated carbocycles. The Bertz CT molecular complexity index is 1320. The van der Waals surface area contributed by atoms with Crippen molar-refractivity contribution in [3.8, 4) is 16.9 Å². The molecule has 1 N–H and O–H groups in total. The number of aliphatic imine (C=N–C) groups is 1. The van der Waals surface area contributed by atoms with Crippen LogP contribution in [0.4, 0.5) is 0 Å². The fourth-order valence-electron chi connectivity index (χ4n) is 4.56. The van der Waals surface area contributed by atoms with Crippen molar-refractivity contribution in [1.82, 2.24) is 5.32 Å². The number of rotatable bonds is 17. The maximum atomic E-state index is 13.2. The molecule has 0 fully saturated rings. The first-order chi connectivity index (χ1) is 21.1. The van der Waals surface area contributed by atoms with Crippen LogP contribution in [0.15, 0.2) is 82.9 Å². The zero-order chi connectivity index (χ0) is 32.6. The Morgan fingerprint density at radius 3 is 2.20 bits per heavy atom. The molecule has 0 unspecified atom stereocenters. The quantitative estimate of drug-likeness (QED) is 0.0582. The number of benzene rings is 2. The third-order valence-electron chi connectivity index (χ3n) is 6.95. The topological polar surface area (TPSA) is 122 Å². The van der Waals surface area contributed by atoms with Crippen LogP contribution in [-0.4, -0.2) is 56.7 Å². The van der Waals surface area contributed by atoms with Crippen molar-refractivity contribution in [2.75, 3.05) is 13.9 Å². The molecule has 0 aliphatic rings. The summed E-state index contributed by atoms with van der Waals surface area (Å²) in [5.74, 6) is -1.19. The van der Waals surface area contributed by atoms with Crippen LogP contribution in [0.5, 0.6) is 5.75 Å². The fourth-order valence-corrected chi connectivity index (χ4v) is 4.56. The first kappa shape index (κ1) is 35.6. The van der Waals surface area contributed by atoms with Crippen LogP contribution in [0.25, 0.3) is 11.1 Å². The lowest BCUT2D eigenvalue weighted by Crippen LogP contribution is -2.45. The first-order valence-corrected chi connectivity index (χ1v) is 14.6. The van der Waals surface area contributed by atoms with E-state index in [0.29, 0.717) is 5.75 Å². The minimum Gasteiger partial charge on any atom is -0.493 e. The molecule has 10 heteroatoms. The number of amides is 1. The van der Waals surface area contributed by atoms with Gasteiger partial charge in [0.1, 0.15) is 24.0 Å². The maximum absolute atomic E-state index is 13.2. The molecule has 0 spiro atoms. The zero-order valence-electron chi connectivity index (χ0n) is 26.6. The number of nitrogens with zero attached hydrogens (tertiary/aromatic N) is 1. The molecule has 238 valence electrons. The Kier molecular flexibility index (Phi) is 14.7. The summed E-state index contributed by atoms with van der Waals surface area (Å²) >= 11 is 0. The van der Waals surface area contributed by atoms with E-state index in [1.54, 1.807) is 13.8 Å². The highest BCUT2D eigenvalue weighted by molar-refractivity contribution is 5.97. The van der Waals surface area contributed by atoms with E-state index in [-0.39, 0.29) is 23.1 Å². The van der Waals surface area contributed by atoms with E-state index in [2.05, 4.69) is 30.9 Å². The summed E-state index contributed by atoms with van der Waals surface area (Å²) in [4.78, 5) is 41.3. The van der Waals surface area contributed by atoms with Crippen LogP contribution in [0.1, 0.15) is 54.4 Å². The molecular weight excluding hydrogens is 564 g/mol. The number of hydrogen-bond donors (Lipinski definition) is 1. The van der Waals surface area contributed by atoms with E-state index in [1.807, 2.05) is 54.6 Å². The smallest absolute Gasteiger partial charge is 0.328 e. The van der Waals surface area contributed by atoms with Gasteiger partial charge in [-0.05, 0) is 75.6 Å². The number of allylic oxidation sites excluding steroid dienone is 1. The van der Waals surface area contributed by atoms with E-state index in [1.165, 1.54) is 27.0 Å². The fraction of sp³-hybridized carbons (Fsp3) is 0.412. The minimum atomic E-state index is -1.06. The average molecular weight is 609 g/mol. The Balaban J connectivity index is 2.22. The van der Waals surface area contributed by atoms with Crippen LogP contribution in [0, 0.1) is 5.92 Å². The van der Waals surface area contributed by atoms with Gasteiger partial charge in [0.2, 0.25) is 6.79 Å². The molecule has 0 heterocycles. The Hall–Kier alpha value is -4.60. The van der Waals surface area contributed by atoms with Crippen molar-refractivity contribution in [2.24, 2.45) is 10.9 Å². The van der Waals surface area contributed by atoms with Crippen LogP contribution >= 0.6 is 0 Å². The summed E-state index contributed by atoms with van der Waals surface area (Å²) < 4.78 is 27.9. The second kappa shape index (κ2) is 18.1. The Morgan fingerprint density at radius 2 is 1.64 bits per heavy atom. The second-order valence-corrected chi connectivity index (χ2v) is 9.98. The standard InChI is InChI=1S/C34H44N2O8/c1-9-25(10-2)31(44-28-19-15-18-27(20-28)26-16-13-12-14-17-26)23(5)43-34(39)22(4)36-33(38)30(35-7)32(29(11-3)40-8)42-21-41-24(6)37/h11-20,22-23,25,31H,7,9-10,21H2,1-6,8H3,(H,36,38)/b29-11+,32-30+/t22-,23-,31-/m0/s1. The molecule has 0 bridgehead atoms. The van der Waals surface area contributed by atoms with Crippen molar-refractivity contribution >= 4 is 24.6 Å². The van der Waals surface area contributed by atoms with Gasteiger partial charge in [-0.1, -0.05) is 56.3 Å². The van der Waals surface area contributed by atoms with Crippen molar-refractivity contribution in [3.63, 3.8) is 0 Å². The number of esters is 2. The van der Waals surface area contributed by atoms with E-state index >= 15 is 0 Å². The summed E-state index contributed by atoms with van der Waals surface area (Å²) in [6.45, 7) is 13.3. The minimum absolute atomic E-state index is 0.104. The highest BCUT2D eigenvalue weighted by Gasteiger charge is 2.32. The van der Waals surface area contributed by atoms with Crippen molar-refractivity contribution in [2.45, 2.75) is 72.6 Å². The lowest BCUT2D eigenvalue weighted by atomic mass is 9.93. The molecular formula is C34H44N2O8. The van der Waals surface area contributed by atoms with Crippen LogP contribution in [0.3, 0.4) is 0 Å². The molecule has 10 nitrogen and oxygen atoms in total. The normalized spacial score (nSPS) is 14.0. The molecule has 0 radical (unpaired) electrons. The molecule has 44 heavy (non-hydrogen) atoms. The molecule has 0 aliphatic heterocycles. The summed E-state index contributed by atoms with van der Waals surface area (Å²) in [7, 11) is 1.38. The van der Waals surface area contributed by atoms with Crippen molar-refractivity contribution < 1.29 is 38.1 Å². The molecule has 0 aliphatic carbocycles. The SMILES string of the molecule is C=N/C(C(=O)N[C@@H](C)C(=O)O[C@@H](C)[C@H](Oc1cccc(-c2ccccc2)c1)C(CC)CC)=C(OCOC(C)=O)\C(=C/C)OC. The third kappa shape index (κ3) is 10.3. The lowest BCUT2D eigenvalue weighted by molar-refractivity contribution is -0.157. The van der Waals surface area contributed by atoms with Gasteiger partial charge in [-0.2, -0.15) is 0 Å². The summed E-state index contributed by atoms with van der Waals surface area (Å²) in [6.07, 6.45) is 2.10. The van der Waals surface area contributed by atoms with E-state index in [9.17, 15) is 14.4 Å². The number of carbonyl (C=O) groups is 3. The van der Waals surface area contributed by atoms with Crippen LogP contribution < -0.4 is 10.1 Å². The number of carbonyl (C=O) groups excluding carboxylic acids is 3. The number of nitrogens with one attached hydrogen (secondary N) is 1. The number of ether oxygens (including phenoxy) is 5. The highest BCUT2D eigenvalue weighted by Crippen LogP contribution is 2.28. The Morgan fingerprint density at radius 1 is 0.977 bits per heavy atom. The van der Waals surface area contributed by atoms with Gasteiger partial charge in [0.25, 0.3) is 5.91 Å². The molecule has 0 aromatic heterocycles. The summed E-state index contributed by atoms with van der Waals surface area (Å²) in [5.41, 5.74) is 1.81. The number of hydrogen-bond acceptors (Lipinski definition) is 9. The third-order valence-corrected chi connectivity index (χ3v) is 6.95. The van der Waals surface area contributed by atoms with Gasteiger partial charge in [-0.3, -0.25) is 14.6 Å². The first-order valence-electron chi connectivity index (χ1n) is 14.6. The average Bonchev–Trinajstić information content (AvgIpc) is 3.02. The summed E-state index contributed by atoms with van der Waals surface area (Å²) in [5, 5.41) is 2.57. The molecule has 2 aromatic carbocycles. The van der Waals surface area contributed by atoms with Crippen LogP contribution in [-0.2, 0) is 33.3 Å². The van der Waals surface area contributed by atoms with Gasteiger partial charge < -0.3 is 29.0 Å². The molecule has 1 amide bonds. The lowest BCUT2D eigenvalue weighted by Gasteiger charge is -2.31. The second-order valence-electron chi connectivity index (χ2n) is 9.98. The summed E-state index contributed by atoms with van der Waals surface area (Å²) in [6, 6.07) is 16.7. The zero-order valence-corrected chi connectivity index (χ0v) is 26.6. The highest BCUT2D eigenvalue weighted by atomic mass is 16.7. The van der Waals surface area contributed by atoms with E-state index in [4.69, 9.17) is 23.7 Å². The molecule has 2 aromatic rings. The van der Waals surface area contributed by atoms with Gasteiger partial charge in [0, 0.05) is 6.92 Å². The van der Waals surface area contributed by atoms with Crippen LogP contribution in [0.2, 0.25) is 0 Å². The van der Waals surface area contributed by atoms with Gasteiger partial charge in [-0.25, -0.2) is 4.79 Å². The van der Waals surface area contributed by atoms with E-state index in [0.717, 1.165) is 24.0 Å². The molecule has 2 rings (SSSR count). The largest absolute Gasteiger partial charge is 0.493 e. The monoisotopic (exact) mass is 608 g/mol. The van der Waals surface area contributed by atoms with Gasteiger partial charge in [0.05, 0.1) is 7.11 Å². The molecule has 3 atom stereocenters. The van der Waals surface area contributed by atoms with Gasteiger partial charge in [-0.15, -0.1) is 0 Å². The predicted octanol–water partition coefficient (Wildman–Crippen LogP) is 5.97. The van der Waals surface area contributed by atoms with Gasteiger partial charge in [0.15, 0.2) is 17.2 Å². The Labute approximate surface area is 260 Å².